The molecule has 1 heterocycles. The van der Waals surface area contributed by atoms with Gasteiger partial charge in [-0.25, -0.2) is 4.79 Å². The molecule has 3 aliphatic rings. The third-order valence-corrected chi connectivity index (χ3v) is 5.88. The van der Waals surface area contributed by atoms with Crippen LogP contribution in [0.15, 0.2) is 0 Å². The first-order chi connectivity index (χ1) is 10.6. The van der Waals surface area contributed by atoms with E-state index in [-0.39, 0.29) is 11.9 Å². The number of carbonyl (C=O) groups is 2. The van der Waals surface area contributed by atoms with Crippen molar-refractivity contribution in [1.29, 1.82) is 0 Å². The van der Waals surface area contributed by atoms with Gasteiger partial charge in [0.05, 0.1) is 5.92 Å². The maximum atomic E-state index is 12.2. The van der Waals surface area contributed by atoms with Crippen molar-refractivity contribution in [3.8, 4) is 0 Å². The Morgan fingerprint density at radius 3 is 2.36 bits per heavy atom. The zero-order chi connectivity index (χ0) is 15.5. The predicted molar refractivity (Wildman–Crippen MR) is 83.5 cm³/mol. The Morgan fingerprint density at radius 1 is 1.05 bits per heavy atom. The minimum absolute atomic E-state index is 0.00173. The number of amides is 2. The van der Waals surface area contributed by atoms with Crippen LogP contribution in [0.4, 0.5) is 4.79 Å². The number of nitrogens with zero attached hydrogens (tertiary/aromatic N) is 1. The first-order valence-electron chi connectivity index (χ1n) is 8.90. The van der Waals surface area contributed by atoms with Crippen LogP contribution in [-0.2, 0) is 4.79 Å². The minimum Gasteiger partial charge on any atom is -0.481 e. The molecule has 2 atom stereocenters. The summed E-state index contributed by atoms with van der Waals surface area (Å²) in [5.74, 6) is 1.43. The molecule has 0 radical (unpaired) electrons. The Hall–Kier alpha value is -1.26. The van der Waals surface area contributed by atoms with Crippen molar-refractivity contribution in [1.82, 2.24) is 10.2 Å². The molecule has 2 amide bonds. The number of carbonyl (C=O) groups excluding carboxylic acids is 1. The fourth-order valence-corrected chi connectivity index (χ4v) is 4.31. The number of aliphatic carboxylic acids is 1. The lowest BCUT2D eigenvalue weighted by Crippen LogP contribution is -2.46. The van der Waals surface area contributed by atoms with Crippen LogP contribution < -0.4 is 5.32 Å². The third kappa shape index (κ3) is 3.73. The predicted octanol–water partition coefficient (Wildman–Crippen LogP) is 2.71. The number of carboxylic acid groups (broad SMARTS) is 1. The fourth-order valence-electron chi connectivity index (χ4n) is 4.31. The van der Waals surface area contributed by atoms with Crippen LogP contribution in [0.25, 0.3) is 0 Å². The van der Waals surface area contributed by atoms with E-state index in [1.807, 2.05) is 0 Å². The highest BCUT2D eigenvalue weighted by Crippen LogP contribution is 2.48. The van der Waals surface area contributed by atoms with Crippen LogP contribution in [0, 0.1) is 23.7 Å². The van der Waals surface area contributed by atoms with Gasteiger partial charge in [0.15, 0.2) is 0 Å². The Balaban J connectivity index is 1.34. The van der Waals surface area contributed by atoms with E-state index in [9.17, 15) is 9.59 Å². The summed E-state index contributed by atoms with van der Waals surface area (Å²) < 4.78 is 0. The highest BCUT2D eigenvalue weighted by Gasteiger charge is 2.42. The molecule has 2 N–H and O–H groups in total. The molecule has 5 heteroatoms. The van der Waals surface area contributed by atoms with Gasteiger partial charge in [0, 0.05) is 19.6 Å². The average molecular weight is 308 g/mol. The van der Waals surface area contributed by atoms with Crippen molar-refractivity contribution < 1.29 is 14.7 Å². The van der Waals surface area contributed by atoms with Crippen LogP contribution in [-0.4, -0.2) is 41.6 Å². The quantitative estimate of drug-likeness (QED) is 0.839. The van der Waals surface area contributed by atoms with Gasteiger partial charge in [0.1, 0.15) is 0 Å². The molecule has 0 bridgehead atoms. The van der Waals surface area contributed by atoms with Crippen molar-refractivity contribution in [2.24, 2.45) is 23.7 Å². The van der Waals surface area contributed by atoms with Crippen molar-refractivity contribution in [2.75, 3.05) is 19.6 Å². The molecule has 3 rings (SSSR count). The molecule has 0 spiro atoms. The minimum atomic E-state index is -0.728. The zero-order valence-electron chi connectivity index (χ0n) is 13.3. The van der Waals surface area contributed by atoms with E-state index in [1.54, 1.807) is 4.90 Å². The average Bonchev–Trinajstić information content (AvgIpc) is 3.33. The Kier molecular flexibility index (Phi) is 4.89. The molecule has 2 saturated carbocycles. The zero-order valence-corrected chi connectivity index (χ0v) is 13.3. The second-order valence-electron chi connectivity index (χ2n) is 7.34. The molecule has 3 fully saturated rings. The molecule has 1 saturated heterocycles. The molecular formula is C17H28N2O3. The van der Waals surface area contributed by atoms with Crippen molar-refractivity contribution in [3.05, 3.63) is 0 Å². The topological polar surface area (TPSA) is 69.6 Å². The molecular weight excluding hydrogens is 280 g/mol. The maximum absolute atomic E-state index is 12.2. The van der Waals surface area contributed by atoms with Gasteiger partial charge >= 0.3 is 12.0 Å². The SMILES string of the molecule is O=C(O)C1CCN(C(=O)NC[C@@H]2C[C@H]2C2CCCCC2)CC1. The van der Waals surface area contributed by atoms with E-state index in [4.69, 9.17) is 5.11 Å². The summed E-state index contributed by atoms with van der Waals surface area (Å²) in [6.07, 6.45) is 9.39. The maximum Gasteiger partial charge on any atom is 0.317 e. The van der Waals surface area contributed by atoms with Gasteiger partial charge in [-0.1, -0.05) is 32.1 Å². The number of urea groups is 1. The van der Waals surface area contributed by atoms with Crippen LogP contribution >= 0.6 is 0 Å². The number of nitrogens with one attached hydrogen (secondary N) is 1. The van der Waals surface area contributed by atoms with Gasteiger partial charge < -0.3 is 15.3 Å². The van der Waals surface area contributed by atoms with E-state index in [2.05, 4.69) is 5.32 Å². The number of hydrogen-bond acceptors (Lipinski definition) is 2. The summed E-state index contributed by atoms with van der Waals surface area (Å²) in [7, 11) is 0. The first kappa shape index (κ1) is 15.6. The Labute approximate surface area is 132 Å². The fraction of sp³-hybridized carbons (Fsp3) is 0.882. The second kappa shape index (κ2) is 6.88. The molecule has 2 aliphatic carbocycles. The number of rotatable bonds is 4. The summed E-state index contributed by atoms with van der Waals surface area (Å²) in [5, 5.41) is 12.0. The van der Waals surface area contributed by atoms with Crippen LogP contribution in [0.5, 0.6) is 0 Å². The summed E-state index contributed by atoms with van der Waals surface area (Å²) in [6.45, 7) is 1.94. The molecule has 5 nitrogen and oxygen atoms in total. The number of hydrogen-bond donors (Lipinski definition) is 2. The molecule has 0 aromatic rings. The van der Waals surface area contributed by atoms with Gasteiger partial charge in [0.25, 0.3) is 0 Å². The molecule has 22 heavy (non-hydrogen) atoms. The summed E-state index contributed by atoms with van der Waals surface area (Å²) >= 11 is 0. The molecule has 124 valence electrons. The normalized spacial score (nSPS) is 30.1. The first-order valence-corrected chi connectivity index (χ1v) is 8.90. The van der Waals surface area contributed by atoms with Gasteiger partial charge in [-0.05, 0) is 37.0 Å². The summed E-state index contributed by atoms with van der Waals surface area (Å²) in [6, 6.07) is -0.00173. The van der Waals surface area contributed by atoms with Crippen molar-refractivity contribution in [2.45, 2.75) is 51.4 Å². The van der Waals surface area contributed by atoms with E-state index in [0.717, 1.165) is 18.4 Å². The van der Waals surface area contributed by atoms with Crippen LogP contribution in [0.2, 0.25) is 0 Å². The number of piperidine rings is 1. The Bertz CT molecular complexity index is 412. The van der Waals surface area contributed by atoms with Gasteiger partial charge in [-0.15, -0.1) is 0 Å². The van der Waals surface area contributed by atoms with Crippen molar-refractivity contribution >= 4 is 12.0 Å². The third-order valence-electron chi connectivity index (χ3n) is 5.88. The molecule has 1 aliphatic heterocycles. The monoisotopic (exact) mass is 308 g/mol. The largest absolute Gasteiger partial charge is 0.481 e. The van der Waals surface area contributed by atoms with Gasteiger partial charge in [-0.3, -0.25) is 4.79 Å². The summed E-state index contributed by atoms with van der Waals surface area (Å²) in [5.41, 5.74) is 0. The van der Waals surface area contributed by atoms with Gasteiger partial charge in [0.2, 0.25) is 0 Å². The highest BCUT2D eigenvalue weighted by atomic mass is 16.4. The van der Waals surface area contributed by atoms with Crippen LogP contribution in [0.3, 0.4) is 0 Å². The Morgan fingerprint density at radius 2 is 1.73 bits per heavy atom. The van der Waals surface area contributed by atoms with E-state index < -0.39 is 5.97 Å². The van der Waals surface area contributed by atoms with Crippen LogP contribution in [0.1, 0.15) is 51.4 Å². The lowest BCUT2D eigenvalue weighted by Gasteiger charge is -2.30. The lowest BCUT2D eigenvalue weighted by molar-refractivity contribution is -0.143. The van der Waals surface area contributed by atoms with Crippen molar-refractivity contribution in [3.63, 3.8) is 0 Å². The van der Waals surface area contributed by atoms with E-state index >= 15 is 0 Å². The second-order valence-corrected chi connectivity index (χ2v) is 7.34. The highest BCUT2D eigenvalue weighted by molar-refractivity contribution is 5.75. The molecule has 0 unspecified atom stereocenters. The summed E-state index contributed by atoms with van der Waals surface area (Å²) in [4.78, 5) is 24.9. The molecule has 0 aromatic heterocycles. The lowest BCUT2D eigenvalue weighted by atomic mass is 9.85. The van der Waals surface area contributed by atoms with E-state index in [0.29, 0.717) is 31.8 Å². The standard InChI is InChI=1S/C17H28N2O3/c20-16(21)13-6-8-19(9-7-13)17(22)18-11-14-10-15(14)12-4-2-1-3-5-12/h12-15H,1-11H2,(H,18,22)(H,20,21)/t14-,15-/m0/s1. The molecule has 0 aromatic carbocycles. The van der Waals surface area contributed by atoms with Gasteiger partial charge in [-0.2, -0.15) is 0 Å². The van der Waals surface area contributed by atoms with E-state index in [1.165, 1.54) is 38.5 Å². The number of carboxylic acids is 1. The number of likely N-dealkylation sites (tertiary alicyclic amines) is 1. The smallest absolute Gasteiger partial charge is 0.317 e.